The van der Waals surface area contributed by atoms with Crippen LogP contribution in [-0.2, 0) is 10.2 Å². The van der Waals surface area contributed by atoms with Crippen LogP contribution in [0.4, 0.5) is 13.6 Å². The van der Waals surface area contributed by atoms with Crippen LogP contribution in [0.15, 0.2) is 24.3 Å². The van der Waals surface area contributed by atoms with E-state index in [0.717, 1.165) is 24.1 Å². The van der Waals surface area contributed by atoms with Gasteiger partial charge in [-0.25, -0.2) is 13.6 Å². The van der Waals surface area contributed by atoms with Gasteiger partial charge in [0, 0.05) is 31.1 Å². The van der Waals surface area contributed by atoms with Crippen LogP contribution in [0, 0.1) is 17.0 Å². The minimum absolute atomic E-state index is 0.0274. The van der Waals surface area contributed by atoms with Crippen LogP contribution in [0.3, 0.4) is 0 Å². The van der Waals surface area contributed by atoms with Crippen molar-refractivity contribution >= 4 is 6.09 Å². The first kappa shape index (κ1) is 23.1. The van der Waals surface area contributed by atoms with Gasteiger partial charge in [-0.1, -0.05) is 19.9 Å². The number of hydrogen-bond donors (Lipinski definition) is 1. The quantitative estimate of drug-likeness (QED) is 0.684. The van der Waals surface area contributed by atoms with Crippen molar-refractivity contribution in [1.82, 2.24) is 20.4 Å². The van der Waals surface area contributed by atoms with Gasteiger partial charge in [0.25, 0.3) is 0 Å². The SMILES string of the molecule is CC(C)(C)OC(=O)N1CCN[C@H]([C@@]23CC[C@@H](c4cc(-c5c(F)cccc5F)nnc42)C3(C)C)C1. The molecule has 5 rings (SSSR count). The highest BCUT2D eigenvalue weighted by molar-refractivity contribution is 5.68. The number of fused-ring (bicyclic) bond motifs is 5. The van der Waals surface area contributed by atoms with E-state index in [1.165, 1.54) is 18.2 Å². The molecule has 2 aliphatic carbocycles. The number of carbonyl (C=O) groups is 1. The minimum atomic E-state index is -0.645. The third-order valence-corrected chi connectivity index (χ3v) is 8.11. The van der Waals surface area contributed by atoms with E-state index >= 15 is 0 Å². The van der Waals surface area contributed by atoms with E-state index in [4.69, 9.17) is 4.74 Å². The number of benzene rings is 1. The van der Waals surface area contributed by atoms with Gasteiger partial charge in [-0.3, -0.25) is 0 Å². The second kappa shape index (κ2) is 7.70. The number of aromatic nitrogens is 2. The number of hydrogen-bond acceptors (Lipinski definition) is 5. The molecule has 1 aromatic carbocycles. The Kier molecular flexibility index (Phi) is 5.24. The van der Waals surface area contributed by atoms with Crippen molar-refractivity contribution in [3.8, 4) is 11.3 Å². The van der Waals surface area contributed by atoms with E-state index in [1.54, 1.807) is 4.90 Å². The summed E-state index contributed by atoms with van der Waals surface area (Å²) in [7, 11) is 0. The molecular weight excluding hydrogens is 438 g/mol. The Bertz CT molecular complexity index is 1130. The Morgan fingerprint density at radius 3 is 2.59 bits per heavy atom. The summed E-state index contributed by atoms with van der Waals surface area (Å²) in [5.74, 6) is -1.09. The van der Waals surface area contributed by atoms with E-state index in [1.807, 2.05) is 26.8 Å². The van der Waals surface area contributed by atoms with Gasteiger partial charge >= 0.3 is 6.09 Å². The minimum Gasteiger partial charge on any atom is -0.444 e. The van der Waals surface area contributed by atoms with Crippen molar-refractivity contribution in [3.05, 3.63) is 47.2 Å². The Hall–Kier alpha value is -2.61. The second-order valence-corrected chi connectivity index (χ2v) is 11.3. The van der Waals surface area contributed by atoms with Crippen LogP contribution >= 0.6 is 0 Å². The fourth-order valence-electron chi connectivity index (χ4n) is 6.58. The van der Waals surface area contributed by atoms with Crippen molar-refractivity contribution in [3.63, 3.8) is 0 Å². The molecule has 8 heteroatoms. The summed E-state index contributed by atoms with van der Waals surface area (Å²) in [6.07, 6.45) is 1.56. The highest BCUT2D eigenvalue weighted by atomic mass is 19.1. The summed E-state index contributed by atoms with van der Waals surface area (Å²) in [5.41, 5.74) is 0.923. The average Bonchev–Trinajstić information content (AvgIpc) is 3.14. The predicted octanol–water partition coefficient (Wildman–Crippen LogP) is 4.79. The van der Waals surface area contributed by atoms with Gasteiger partial charge in [-0.2, -0.15) is 10.2 Å². The third-order valence-electron chi connectivity index (χ3n) is 8.11. The molecule has 1 saturated carbocycles. The number of halogens is 2. The number of amides is 1. The van der Waals surface area contributed by atoms with E-state index < -0.39 is 17.2 Å². The molecule has 0 radical (unpaired) electrons. The number of carbonyl (C=O) groups excluding carboxylic acids is 1. The number of nitrogens with one attached hydrogen (secondary N) is 1. The molecule has 6 nitrogen and oxygen atoms in total. The highest BCUT2D eigenvalue weighted by Gasteiger charge is 2.66. The van der Waals surface area contributed by atoms with Gasteiger partial charge in [0.1, 0.15) is 17.2 Å². The topological polar surface area (TPSA) is 67.3 Å². The van der Waals surface area contributed by atoms with Crippen LogP contribution in [0.25, 0.3) is 11.3 Å². The van der Waals surface area contributed by atoms with E-state index in [2.05, 4.69) is 29.4 Å². The van der Waals surface area contributed by atoms with Crippen LogP contribution in [0.5, 0.6) is 0 Å². The first-order chi connectivity index (χ1) is 16.0. The molecule has 2 fully saturated rings. The molecule has 3 atom stereocenters. The summed E-state index contributed by atoms with van der Waals surface area (Å²) in [6, 6.07) is 5.62. The van der Waals surface area contributed by atoms with Crippen LogP contribution in [-0.4, -0.2) is 52.5 Å². The zero-order valence-electron chi connectivity index (χ0n) is 20.4. The van der Waals surface area contributed by atoms with Gasteiger partial charge in [-0.05, 0) is 68.7 Å². The fraction of sp³-hybridized carbons (Fsp3) is 0.577. The molecule has 2 aromatic rings. The molecule has 1 aromatic heterocycles. The summed E-state index contributed by atoms with van der Waals surface area (Å²) < 4.78 is 34.6. The lowest BCUT2D eigenvalue weighted by atomic mass is 9.63. The number of nitrogens with zero attached hydrogens (tertiary/aromatic N) is 3. The maximum Gasteiger partial charge on any atom is 0.410 e. The standard InChI is InChI=1S/C26H32F2N4O2/c1-24(2,3)34-23(33)32-12-11-29-20(14-32)26-10-9-16(25(26,4)5)15-13-19(30-31-22(15)26)21-17(27)7-6-8-18(21)28/h6-8,13,16,20,29H,9-12,14H2,1-5H3/t16-,20-,26-/m0/s1. The molecule has 2 heterocycles. The van der Waals surface area contributed by atoms with E-state index in [9.17, 15) is 13.6 Å². The second-order valence-electron chi connectivity index (χ2n) is 11.3. The average molecular weight is 471 g/mol. The Labute approximate surface area is 199 Å². The molecule has 34 heavy (non-hydrogen) atoms. The van der Waals surface area contributed by atoms with E-state index in [-0.39, 0.29) is 40.1 Å². The van der Waals surface area contributed by atoms with Gasteiger partial charge < -0.3 is 15.0 Å². The Morgan fingerprint density at radius 2 is 1.91 bits per heavy atom. The molecule has 2 bridgehead atoms. The summed E-state index contributed by atoms with van der Waals surface area (Å²) in [6.45, 7) is 11.8. The van der Waals surface area contributed by atoms with Crippen molar-refractivity contribution < 1.29 is 18.3 Å². The first-order valence-corrected chi connectivity index (χ1v) is 12.0. The zero-order valence-corrected chi connectivity index (χ0v) is 20.4. The largest absolute Gasteiger partial charge is 0.444 e. The van der Waals surface area contributed by atoms with Crippen molar-refractivity contribution in [2.45, 2.75) is 70.4 Å². The van der Waals surface area contributed by atoms with Gasteiger partial charge in [0.2, 0.25) is 0 Å². The molecule has 1 aliphatic heterocycles. The maximum absolute atomic E-state index is 14.5. The smallest absolute Gasteiger partial charge is 0.410 e. The normalized spacial score (nSPS) is 27.6. The van der Waals surface area contributed by atoms with E-state index in [0.29, 0.717) is 19.6 Å². The lowest BCUT2D eigenvalue weighted by molar-refractivity contribution is 0.0110. The van der Waals surface area contributed by atoms with Crippen LogP contribution in [0.2, 0.25) is 0 Å². The summed E-state index contributed by atoms with van der Waals surface area (Å²) >= 11 is 0. The summed E-state index contributed by atoms with van der Waals surface area (Å²) in [5, 5.41) is 12.6. The number of ether oxygens (including phenoxy) is 1. The van der Waals surface area contributed by atoms with Crippen molar-refractivity contribution in [2.24, 2.45) is 5.41 Å². The Balaban J connectivity index is 1.53. The lowest BCUT2D eigenvalue weighted by Gasteiger charge is -2.48. The van der Waals surface area contributed by atoms with Gasteiger partial charge in [0.05, 0.1) is 17.0 Å². The molecular formula is C26H32F2N4O2. The molecule has 3 aliphatic rings. The van der Waals surface area contributed by atoms with Crippen molar-refractivity contribution in [1.29, 1.82) is 0 Å². The lowest BCUT2D eigenvalue weighted by Crippen LogP contribution is -2.63. The van der Waals surface area contributed by atoms with Crippen LogP contribution < -0.4 is 5.32 Å². The van der Waals surface area contributed by atoms with Gasteiger partial charge in [-0.15, -0.1) is 0 Å². The molecule has 1 saturated heterocycles. The summed E-state index contributed by atoms with van der Waals surface area (Å²) in [4.78, 5) is 14.6. The number of piperazine rings is 1. The molecule has 1 amide bonds. The third kappa shape index (κ3) is 3.33. The zero-order chi connectivity index (χ0) is 24.5. The highest BCUT2D eigenvalue weighted by Crippen LogP contribution is 2.68. The fourth-order valence-corrected chi connectivity index (χ4v) is 6.58. The predicted molar refractivity (Wildman–Crippen MR) is 124 cm³/mol. The molecule has 1 N–H and O–H groups in total. The van der Waals surface area contributed by atoms with Gasteiger partial charge in [0.15, 0.2) is 0 Å². The molecule has 0 spiro atoms. The van der Waals surface area contributed by atoms with Crippen molar-refractivity contribution in [2.75, 3.05) is 19.6 Å². The van der Waals surface area contributed by atoms with Crippen LogP contribution in [0.1, 0.15) is 64.6 Å². The Morgan fingerprint density at radius 1 is 1.21 bits per heavy atom. The molecule has 182 valence electrons. The molecule has 0 unspecified atom stereocenters. The number of rotatable bonds is 2. The monoisotopic (exact) mass is 470 g/mol. The maximum atomic E-state index is 14.5. The first-order valence-electron chi connectivity index (χ1n) is 12.0.